The third kappa shape index (κ3) is 4.22. The molecular weight excluding hydrogens is 460 g/mol. The molecule has 0 bridgehead atoms. The number of nitrogens with zero attached hydrogens (tertiary/aromatic N) is 3. The molecule has 0 aliphatic heterocycles. The Morgan fingerprint density at radius 3 is 2.43 bits per heavy atom. The van der Waals surface area contributed by atoms with E-state index in [1.165, 1.54) is 12.0 Å². The maximum Gasteiger partial charge on any atom is 0.263 e. The molecule has 0 atom stereocenters. The first-order valence-electron chi connectivity index (χ1n) is 12.9. The maximum absolute atomic E-state index is 14.5. The predicted octanol–water partition coefficient (Wildman–Crippen LogP) is 6.11. The van der Waals surface area contributed by atoms with Gasteiger partial charge in [-0.05, 0) is 54.7 Å². The summed E-state index contributed by atoms with van der Waals surface area (Å²) in [5.41, 5.74) is 8.51. The molecule has 2 aliphatic rings. The highest BCUT2D eigenvalue weighted by atomic mass is 16.5. The topological polar surface area (TPSA) is 68.5 Å². The number of aromatic nitrogens is 2. The van der Waals surface area contributed by atoms with Gasteiger partial charge in [0.15, 0.2) is 0 Å². The molecule has 3 aromatic carbocycles. The van der Waals surface area contributed by atoms with Crippen LogP contribution in [0.3, 0.4) is 0 Å². The van der Waals surface area contributed by atoms with Crippen LogP contribution in [-0.2, 0) is 11.8 Å². The van der Waals surface area contributed by atoms with Gasteiger partial charge in [0.1, 0.15) is 5.75 Å². The number of nitrogens with one attached hydrogen (secondary N) is 1. The van der Waals surface area contributed by atoms with Crippen LogP contribution in [0.4, 0.5) is 5.95 Å². The van der Waals surface area contributed by atoms with Gasteiger partial charge in [0.2, 0.25) is 5.95 Å². The van der Waals surface area contributed by atoms with E-state index >= 15 is 0 Å². The van der Waals surface area contributed by atoms with Crippen LogP contribution in [-0.4, -0.2) is 22.9 Å². The highest BCUT2D eigenvalue weighted by Gasteiger charge is 2.43. The van der Waals surface area contributed by atoms with E-state index in [0.717, 1.165) is 65.9 Å². The number of hydrazone groups is 1. The second-order valence-electron chi connectivity index (χ2n) is 9.95. The third-order valence-corrected chi connectivity index (χ3v) is 7.73. The average Bonchev–Trinajstić information content (AvgIpc) is 2.94. The largest absolute Gasteiger partial charge is 0.497 e. The number of hydrogen-bond donors (Lipinski definition) is 1. The van der Waals surface area contributed by atoms with Gasteiger partial charge in [-0.1, -0.05) is 73.9 Å². The third-order valence-electron chi connectivity index (χ3n) is 7.73. The summed E-state index contributed by atoms with van der Waals surface area (Å²) in [7, 11) is 1.64. The molecule has 2 aliphatic carbocycles. The number of benzene rings is 3. The average molecular weight is 491 g/mol. The van der Waals surface area contributed by atoms with Crippen LogP contribution in [0.5, 0.6) is 5.75 Å². The number of anilines is 1. The molecule has 6 heteroatoms. The normalized spacial score (nSPS) is 15.8. The molecule has 1 aromatic heterocycles. The van der Waals surface area contributed by atoms with Crippen molar-refractivity contribution in [1.82, 2.24) is 9.55 Å². The first-order chi connectivity index (χ1) is 18.2. The second kappa shape index (κ2) is 9.69. The highest BCUT2D eigenvalue weighted by molar-refractivity contribution is 5.80. The summed E-state index contributed by atoms with van der Waals surface area (Å²) >= 11 is 0. The summed E-state index contributed by atoms with van der Waals surface area (Å²) in [5.74, 6) is 1.13. The van der Waals surface area contributed by atoms with Crippen LogP contribution in [0.1, 0.15) is 48.8 Å². The van der Waals surface area contributed by atoms with Crippen LogP contribution in [0.25, 0.3) is 16.9 Å². The Kier molecular flexibility index (Phi) is 6.08. The number of hydrogen-bond acceptors (Lipinski definition) is 5. The Hall–Kier alpha value is -4.19. The number of ether oxygens (including phenoxy) is 1. The van der Waals surface area contributed by atoms with E-state index in [1.807, 2.05) is 60.7 Å². The van der Waals surface area contributed by atoms with Crippen LogP contribution in [0.15, 0.2) is 88.8 Å². The lowest BCUT2D eigenvalue weighted by Crippen LogP contribution is -2.42. The summed E-state index contributed by atoms with van der Waals surface area (Å²) in [6, 6.07) is 25.8. The first kappa shape index (κ1) is 23.2. The minimum Gasteiger partial charge on any atom is -0.497 e. The van der Waals surface area contributed by atoms with Crippen molar-refractivity contribution in [3.8, 4) is 22.7 Å². The van der Waals surface area contributed by atoms with Gasteiger partial charge in [0, 0.05) is 11.0 Å². The monoisotopic (exact) mass is 490 g/mol. The van der Waals surface area contributed by atoms with Crippen LogP contribution < -0.4 is 15.7 Å². The summed E-state index contributed by atoms with van der Waals surface area (Å²) in [6.45, 7) is 0. The zero-order valence-corrected chi connectivity index (χ0v) is 21.0. The Morgan fingerprint density at radius 2 is 1.68 bits per heavy atom. The van der Waals surface area contributed by atoms with E-state index in [4.69, 9.17) is 9.72 Å². The lowest BCUT2D eigenvalue weighted by atomic mass is 9.62. The van der Waals surface area contributed by atoms with E-state index in [-0.39, 0.29) is 11.0 Å². The molecule has 0 radical (unpaired) electrons. The van der Waals surface area contributed by atoms with Crippen molar-refractivity contribution < 1.29 is 4.74 Å². The summed E-state index contributed by atoms with van der Waals surface area (Å²) in [4.78, 5) is 19.6. The van der Waals surface area contributed by atoms with Crippen molar-refractivity contribution in [3.63, 3.8) is 0 Å². The van der Waals surface area contributed by atoms with E-state index in [0.29, 0.717) is 5.95 Å². The van der Waals surface area contributed by atoms with Crippen molar-refractivity contribution in [3.05, 3.63) is 106 Å². The quantitative estimate of drug-likeness (QED) is 0.271. The van der Waals surface area contributed by atoms with Gasteiger partial charge in [-0.15, -0.1) is 0 Å². The van der Waals surface area contributed by atoms with Crippen molar-refractivity contribution >= 4 is 12.2 Å². The minimum absolute atomic E-state index is 0.0241. The molecule has 6 nitrogen and oxygen atoms in total. The molecule has 4 aromatic rings. The van der Waals surface area contributed by atoms with Gasteiger partial charge in [0.25, 0.3) is 5.56 Å². The lowest BCUT2D eigenvalue weighted by Gasteiger charge is -2.42. The molecule has 1 spiro atoms. The zero-order chi connectivity index (χ0) is 25.2. The maximum atomic E-state index is 14.5. The van der Waals surface area contributed by atoms with Gasteiger partial charge in [0.05, 0.1) is 30.3 Å². The highest BCUT2D eigenvalue weighted by Crippen LogP contribution is 2.48. The zero-order valence-electron chi connectivity index (χ0n) is 21.0. The molecule has 1 heterocycles. The Labute approximate surface area is 216 Å². The molecule has 186 valence electrons. The number of methoxy groups -OCH3 is 1. The predicted molar refractivity (Wildman–Crippen MR) is 148 cm³/mol. The van der Waals surface area contributed by atoms with Crippen molar-refractivity contribution in [2.75, 3.05) is 12.5 Å². The van der Waals surface area contributed by atoms with Crippen LogP contribution in [0.2, 0.25) is 0 Å². The van der Waals surface area contributed by atoms with Gasteiger partial charge in [-0.25, -0.2) is 15.0 Å². The van der Waals surface area contributed by atoms with E-state index in [1.54, 1.807) is 17.9 Å². The summed E-state index contributed by atoms with van der Waals surface area (Å²) in [5, 5.41) is 4.46. The van der Waals surface area contributed by atoms with Gasteiger partial charge in [-0.2, -0.15) is 5.10 Å². The van der Waals surface area contributed by atoms with E-state index in [9.17, 15) is 4.79 Å². The first-order valence-corrected chi connectivity index (χ1v) is 12.9. The minimum atomic E-state index is -0.188. The van der Waals surface area contributed by atoms with Crippen LogP contribution >= 0.6 is 0 Å². The van der Waals surface area contributed by atoms with Gasteiger partial charge in [-0.3, -0.25) is 4.79 Å². The molecule has 0 unspecified atom stereocenters. The Balaban J connectivity index is 1.56. The van der Waals surface area contributed by atoms with Gasteiger partial charge < -0.3 is 4.74 Å². The molecule has 1 fully saturated rings. The molecule has 1 saturated carbocycles. The Bertz CT molecular complexity index is 1500. The fourth-order valence-corrected chi connectivity index (χ4v) is 5.96. The van der Waals surface area contributed by atoms with E-state index < -0.39 is 0 Å². The fraction of sp³-hybridized carbons (Fsp3) is 0.258. The van der Waals surface area contributed by atoms with Crippen LogP contribution in [0, 0.1) is 0 Å². The number of rotatable bonds is 5. The Morgan fingerprint density at radius 1 is 0.946 bits per heavy atom. The standard InChI is InChI=1S/C31H30N4O2/c1-37-25-16-14-24(15-17-25)35-29(36)27-28(33-30(35)34-32-21-22-10-4-2-5-11-22)26-13-7-6-12-23(26)20-31(27)18-8-3-9-19-31/h2,4-7,10-17,21H,3,8-9,18-20H2,1H3,(H,33,34). The molecule has 0 amide bonds. The summed E-state index contributed by atoms with van der Waals surface area (Å²) in [6.07, 6.45) is 8.11. The second-order valence-corrected chi connectivity index (χ2v) is 9.95. The molecular formula is C31H30N4O2. The SMILES string of the molecule is COc1ccc(-n2c(NN=Cc3ccccc3)nc3c(c2=O)C2(CCCCC2)Cc2ccccc2-3)cc1. The van der Waals surface area contributed by atoms with E-state index in [2.05, 4.69) is 28.7 Å². The molecule has 0 saturated heterocycles. The van der Waals surface area contributed by atoms with Gasteiger partial charge >= 0.3 is 0 Å². The molecule has 37 heavy (non-hydrogen) atoms. The smallest absolute Gasteiger partial charge is 0.263 e. The fourth-order valence-electron chi connectivity index (χ4n) is 5.96. The lowest BCUT2D eigenvalue weighted by molar-refractivity contribution is 0.284. The van der Waals surface area contributed by atoms with Crippen molar-refractivity contribution in [2.24, 2.45) is 5.10 Å². The summed E-state index contributed by atoms with van der Waals surface area (Å²) < 4.78 is 7.03. The van der Waals surface area contributed by atoms with Crippen molar-refractivity contribution in [1.29, 1.82) is 0 Å². The number of fused-ring (bicyclic) bond motifs is 4. The molecule has 6 rings (SSSR count). The van der Waals surface area contributed by atoms with Crippen molar-refractivity contribution in [2.45, 2.75) is 43.9 Å². The molecule has 1 N–H and O–H groups in total.